The van der Waals surface area contributed by atoms with Crippen LogP contribution in [0.25, 0.3) is 0 Å². The van der Waals surface area contributed by atoms with Crippen molar-refractivity contribution in [2.24, 2.45) is 0 Å². The van der Waals surface area contributed by atoms with E-state index in [0.717, 1.165) is 12.1 Å². The van der Waals surface area contributed by atoms with E-state index in [1.165, 1.54) is 23.4 Å². The summed E-state index contributed by atoms with van der Waals surface area (Å²) in [5, 5.41) is 13.1. The van der Waals surface area contributed by atoms with Gasteiger partial charge in [0.15, 0.2) is 0 Å². The van der Waals surface area contributed by atoms with Crippen molar-refractivity contribution in [2.75, 3.05) is 19.5 Å². The second-order valence-corrected chi connectivity index (χ2v) is 6.90. The average molecular weight is 393 g/mol. The Labute approximate surface area is 147 Å². The number of aromatic nitrogens is 3. The molecule has 0 saturated carbocycles. The molecule has 0 unspecified atom stereocenters. The number of benzene rings is 1. The summed E-state index contributed by atoms with van der Waals surface area (Å²) in [4.78, 5) is 3.80. The molecular weight excluding hydrogens is 376 g/mol. The van der Waals surface area contributed by atoms with Gasteiger partial charge in [-0.2, -0.15) is 13.5 Å². The zero-order valence-corrected chi connectivity index (χ0v) is 14.4. The van der Waals surface area contributed by atoms with E-state index in [0.29, 0.717) is 6.26 Å². The number of aliphatic hydroxyl groups is 1. The molecule has 2 N–H and O–H groups in total. The van der Waals surface area contributed by atoms with E-state index < -0.39 is 33.6 Å². The third-order valence-electron chi connectivity index (χ3n) is 3.24. The van der Waals surface area contributed by atoms with Crippen LogP contribution in [0.3, 0.4) is 0 Å². The quantitative estimate of drug-likeness (QED) is 0.712. The molecule has 1 aliphatic rings. The van der Waals surface area contributed by atoms with Gasteiger partial charge in [-0.25, -0.2) is 18.4 Å². The molecule has 9 nitrogen and oxygen atoms in total. The summed E-state index contributed by atoms with van der Waals surface area (Å²) in [5.41, 5.74) is 0.0513. The van der Waals surface area contributed by atoms with Gasteiger partial charge in [0.05, 0.1) is 19.5 Å². The second kappa shape index (κ2) is 8.14. The molecule has 2 heterocycles. The van der Waals surface area contributed by atoms with E-state index in [9.17, 15) is 22.3 Å². The minimum atomic E-state index is -3.67. The normalized spacial score (nSPS) is 22.7. The number of hydrogen-bond donors (Lipinski definition) is 2. The highest BCUT2D eigenvalue weighted by Crippen LogP contribution is 2.37. The van der Waals surface area contributed by atoms with Crippen LogP contribution in [0, 0.1) is 11.6 Å². The monoisotopic (exact) mass is 393 g/mol. The van der Waals surface area contributed by atoms with Crippen LogP contribution in [0.5, 0.6) is 0 Å². The van der Waals surface area contributed by atoms with Gasteiger partial charge in [0.2, 0.25) is 5.79 Å². The van der Waals surface area contributed by atoms with Gasteiger partial charge in [-0.3, -0.25) is 4.55 Å². The summed E-state index contributed by atoms with van der Waals surface area (Å²) in [5.74, 6) is -2.95. The predicted octanol–water partition coefficient (Wildman–Crippen LogP) is 0.321. The Bertz CT molecular complexity index is 825. The van der Waals surface area contributed by atoms with Crippen molar-refractivity contribution >= 4 is 10.1 Å². The number of aliphatic hydroxyl groups excluding tert-OH is 1. The maximum Gasteiger partial charge on any atom is 0.261 e. The Morgan fingerprint density at radius 3 is 2.62 bits per heavy atom. The molecule has 0 amide bonds. The minimum absolute atomic E-state index is 0.0338. The van der Waals surface area contributed by atoms with E-state index in [4.69, 9.17) is 14.0 Å². The lowest BCUT2D eigenvalue weighted by Gasteiger charge is -2.28. The van der Waals surface area contributed by atoms with E-state index in [1.54, 1.807) is 0 Å². The predicted molar refractivity (Wildman–Crippen MR) is 83.4 cm³/mol. The van der Waals surface area contributed by atoms with Gasteiger partial charge in [0.25, 0.3) is 10.1 Å². The highest BCUT2D eigenvalue weighted by molar-refractivity contribution is 7.85. The number of ether oxygens (including phenoxy) is 2. The number of halogens is 2. The van der Waals surface area contributed by atoms with Gasteiger partial charge >= 0.3 is 0 Å². The molecule has 0 spiro atoms. The van der Waals surface area contributed by atoms with Gasteiger partial charge in [-0.15, -0.1) is 0 Å². The van der Waals surface area contributed by atoms with Crippen LogP contribution in [-0.4, -0.2) is 58.4 Å². The Balaban J connectivity index is 0.000000431. The molecule has 26 heavy (non-hydrogen) atoms. The standard InChI is InChI=1S/C13H13F2N3O3.CH4O3S/c14-9-1-2-11(12(15)3-9)13(6-18-8-16-7-17-18)20-5-10(4-19)21-13;1-5(2,3)4/h1-3,7-8,10,19H,4-6H2;1H3,(H,2,3,4)/t10-,13-;/m1./s1. The minimum Gasteiger partial charge on any atom is -0.394 e. The van der Waals surface area contributed by atoms with Crippen molar-refractivity contribution < 1.29 is 36.3 Å². The number of rotatable bonds is 4. The van der Waals surface area contributed by atoms with Crippen molar-refractivity contribution in [3.63, 3.8) is 0 Å². The molecule has 144 valence electrons. The summed E-state index contributed by atoms with van der Waals surface area (Å²) >= 11 is 0. The number of hydrogen-bond acceptors (Lipinski definition) is 7. The molecule has 3 rings (SSSR count). The van der Waals surface area contributed by atoms with E-state index in [1.807, 2.05) is 0 Å². The van der Waals surface area contributed by atoms with E-state index >= 15 is 0 Å². The molecule has 0 aliphatic carbocycles. The van der Waals surface area contributed by atoms with Crippen LogP contribution < -0.4 is 0 Å². The molecule has 1 saturated heterocycles. The molecular formula is C14H17F2N3O6S. The Hall–Kier alpha value is -1.99. The van der Waals surface area contributed by atoms with Crippen molar-refractivity contribution in [1.82, 2.24) is 14.8 Å². The fourth-order valence-corrected chi connectivity index (χ4v) is 2.29. The zero-order chi connectivity index (χ0) is 19.4. The highest BCUT2D eigenvalue weighted by atomic mass is 32.2. The third-order valence-corrected chi connectivity index (χ3v) is 3.24. The smallest absolute Gasteiger partial charge is 0.261 e. The van der Waals surface area contributed by atoms with Crippen LogP contribution in [-0.2, 0) is 31.9 Å². The number of nitrogens with zero attached hydrogens (tertiary/aromatic N) is 3. The summed E-state index contributed by atoms with van der Waals surface area (Å²) in [6, 6.07) is 3.15. The SMILES string of the molecule is CS(=O)(=O)O.OC[C@@H]1CO[C@@](Cn2cncn2)(c2ccc(F)cc2F)O1. The topological polar surface area (TPSA) is 124 Å². The summed E-state index contributed by atoms with van der Waals surface area (Å²) < 4.78 is 65.7. The molecule has 2 atom stereocenters. The van der Waals surface area contributed by atoms with Crippen LogP contribution in [0.2, 0.25) is 0 Å². The Kier molecular flexibility index (Phi) is 6.36. The zero-order valence-electron chi connectivity index (χ0n) is 13.6. The summed E-state index contributed by atoms with van der Waals surface area (Å²) in [7, 11) is -3.67. The molecule has 0 bridgehead atoms. The van der Waals surface area contributed by atoms with Gasteiger partial charge in [0, 0.05) is 11.6 Å². The van der Waals surface area contributed by atoms with Gasteiger partial charge in [-0.1, -0.05) is 0 Å². The first kappa shape index (κ1) is 20.3. The van der Waals surface area contributed by atoms with Gasteiger partial charge in [-0.05, 0) is 12.1 Å². The lowest BCUT2D eigenvalue weighted by Crippen LogP contribution is -2.35. The lowest BCUT2D eigenvalue weighted by molar-refractivity contribution is -0.193. The van der Waals surface area contributed by atoms with Crippen LogP contribution in [0.15, 0.2) is 30.9 Å². The first-order valence-electron chi connectivity index (χ1n) is 7.26. The van der Waals surface area contributed by atoms with E-state index in [2.05, 4.69) is 10.1 Å². The lowest BCUT2D eigenvalue weighted by atomic mass is 10.0. The highest BCUT2D eigenvalue weighted by Gasteiger charge is 2.45. The molecule has 1 aliphatic heterocycles. The van der Waals surface area contributed by atoms with Crippen molar-refractivity contribution in [3.8, 4) is 0 Å². The van der Waals surface area contributed by atoms with E-state index in [-0.39, 0.29) is 25.3 Å². The summed E-state index contributed by atoms with van der Waals surface area (Å²) in [6.07, 6.45) is 2.89. The molecule has 12 heteroatoms. The second-order valence-electron chi connectivity index (χ2n) is 5.44. The molecule has 1 aromatic heterocycles. The van der Waals surface area contributed by atoms with Gasteiger partial charge in [0.1, 0.15) is 36.9 Å². The molecule has 2 aromatic rings. The fourth-order valence-electron chi connectivity index (χ4n) is 2.29. The van der Waals surface area contributed by atoms with Crippen LogP contribution in [0.4, 0.5) is 8.78 Å². The van der Waals surface area contributed by atoms with Crippen LogP contribution >= 0.6 is 0 Å². The van der Waals surface area contributed by atoms with Crippen LogP contribution in [0.1, 0.15) is 5.56 Å². The summed E-state index contributed by atoms with van der Waals surface area (Å²) in [6.45, 7) is -0.129. The molecule has 1 aromatic carbocycles. The molecule has 1 fully saturated rings. The Morgan fingerprint density at radius 2 is 2.12 bits per heavy atom. The van der Waals surface area contributed by atoms with Crippen molar-refractivity contribution in [1.29, 1.82) is 0 Å². The fraction of sp³-hybridized carbons (Fsp3) is 0.429. The van der Waals surface area contributed by atoms with Gasteiger partial charge < -0.3 is 14.6 Å². The van der Waals surface area contributed by atoms with Crippen molar-refractivity contribution in [2.45, 2.75) is 18.4 Å². The first-order valence-corrected chi connectivity index (χ1v) is 9.11. The largest absolute Gasteiger partial charge is 0.394 e. The average Bonchev–Trinajstić information content (AvgIpc) is 3.16. The third kappa shape index (κ3) is 5.51. The molecule has 0 radical (unpaired) electrons. The maximum atomic E-state index is 14.1. The maximum absolute atomic E-state index is 14.1. The first-order chi connectivity index (χ1) is 12.1. The Morgan fingerprint density at radius 1 is 1.42 bits per heavy atom. The van der Waals surface area contributed by atoms with Crippen molar-refractivity contribution in [3.05, 3.63) is 48.1 Å².